The standard InChI is InChI=1S/C28H28N4O3S2/c1-16-6-9-20(10-7-16)32-27(35)25-21-11-12-31(19(4)33)14-23(21)37-26(25)30-28(32)36-15-24(34)29-22-13-17(2)5-8-18(22)3/h5-10,13H,11-12,14-15H2,1-4H3,(H,29,34). The fourth-order valence-electron chi connectivity index (χ4n) is 4.50. The van der Waals surface area contributed by atoms with Crippen molar-refractivity contribution < 1.29 is 9.59 Å². The summed E-state index contributed by atoms with van der Waals surface area (Å²) in [6, 6.07) is 13.7. The molecular formula is C28H28N4O3S2. The van der Waals surface area contributed by atoms with Gasteiger partial charge in [0, 0.05) is 24.0 Å². The Morgan fingerprint density at radius 3 is 2.54 bits per heavy atom. The third kappa shape index (κ3) is 5.06. The van der Waals surface area contributed by atoms with Crippen LogP contribution in [0.15, 0.2) is 52.4 Å². The number of thiophene rings is 1. The molecule has 2 aromatic heterocycles. The first-order valence-electron chi connectivity index (χ1n) is 12.1. The highest BCUT2D eigenvalue weighted by atomic mass is 32.2. The van der Waals surface area contributed by atoms with Gasteiger partial charge >= 0.3 is 0 Å². The molecule has 7 nitrogen and oxygen atoms in total. The quantitative estimate of drug-likeness (QED) is 0.289. The van der Waals surface area contributed by atoms with E-state index in [0.717, 1.165) is 32.8 Å². The minimum absolute atomic E-state index is 0.0271. The summed E-state index contributed by atoms with van der Waals surface area (Å²) in [7, 11) is 0. The van der Waals surface area contributed by atoms with Crippen LogP contribution in [-0.2, 0) is 22.6 Å². The zero-order valence-corrected chi connectivity index (χ0v) is 22.9. The number of aryl methyl sites for hydroxylation is 3. The van der Waals surface area contributed by atoms with Gasteiger partial charge in [-0.3, -0.25) is 19.0 Å². The smallest absolute Gasteiger partial charge is 0.267 e. The maximum absolute atomic E-state index is 13.9. The van der Waals surface area contributed by atoms with Crippen molar-refractivity contribution >= 4 is 50.8 Å². The van der Waals surface area contributed by atoms with Crippen LogP contribution in [-0.4, -0.2) is 38.6 Å². The number of hydrogen-bond donors (Lipinski definition) is 1. The van der Waals surface area contributed by atoms with E-state index in [9.17, 15) is 14.4 Å². The van der Waals surface area contributed by atoms with Crippen LogP contribution in [0.25, 0.3) is 15.9 Å². The Morgan fingerprint density at radius 1 is 1.08 bits per heavy atom. The van der Waals surface area contributed by atoms with Gasteiger partial charge in [0.25, 0.3) is 5.56 Å². The molecule has 0 unspecified atom stereocenters. The van der Waals surface area contributed by atoms with Crippen molar-refractivity contribution in [1.29, 1.82) is 0 Å². The fraction of sp³-hybridized carbons (Fsp3) is 0.286. The molecule has 0 fully saturated rings. The van der Waals surface area contributed by atoms with E-state index in [2.05, 4.69) is 5.32 Å². The summed E-state index contributed by atoms with van der Waals surface area (Å²) in [6.45, 7) is 8.60. The minimum atomic E-state index is -0.161. The van der Waals surface area contributed by atoms with Gasteiger partial charge in [-0.2, -0.15) is 0 Å². The predicted molar refractivity (Wildman–Crippen MR) is 150 cm³/mol. The van der Waals surface area contributed by atoms with Gasteiger partial charge in [0.1, 0.15) is 4.83 Å². The summed E-state index contributed by atoms with van der Waals surface area (Å²) in [6.07, 6.45) is 0.629. The van der Waals surface area contributed by atoms with Crippen LogP contribution in [0.3, 0.4) is 0 Å². The molecule has 0 spiro atoms. The molecular weight excluding hydrogens is 504 g/mol. The van der Waals surface area contributed by atoms with Gasteiger partial charge in [-0.05, 0) is 62.1 Å². The number of nitrogens with one attached hydrogen (secondary N) is 1. The van der Waals surface area contributed by atoms with Crippen molar-refractivity contribution in [3.63, 3.8) is 0 Å². The molecule has 190 valence electrons. The van der Waals surface area contributed by atoms with E-state index >= 15 is 0 Å². The van der Waals surface area contributed by atoms with Crippen LogP contribution < -0.4 is 10.9 Å². The summed E-state index contributed by atoms with van der Waals surface area (Å²) in [5.74, 6) is -0.0225. The molecule has 1 aliphatic heterocycles. The third-order valence-corrected chi connectivity index (χ3v) is 8.63. The lowest BCUT2D eigenvalue weighted by atomic mass is 10.1. The number of carbonyl (C=O) groups excluding carboxylic acids is 2. The summed E-state index contributed by atoms with van der Waals surface area (Å²) < 4.78 is 1.61. The molecule has 0 radical (unpaired) electrons. The van der Waals surface area contributed by atoms with Crippen molar-refractivity contribution in [2.24, 2.45) is 0 Å². The number of anilines is 1. The van der Waals surface area contributed by atoms with Crippen LogP contribution in [0.4, 0.5) is 5.69 Å². The molecule has 37 heavy (non-hydrogen) atoms. The fourth-order valence-corrected chi connectivity index (χ4v) is 6.59. The summed E-state index contributed by atoms with van der Waals surface area (Å²) in [5.41, 5.74) is 5.49. The minimum Gasteiger partial charge on any atom is -0.337 e. The molecule has 1 aliphatic rings. The molecule has 3 heterocycles. The molecule has 1 N–H and O–H groups in total. The van der Waals surface area contributed by atoms with E-state index in [4.69, 9.17) is 4.98 Å². The summed E-state index contributed by atoms with van der Waals surface area (Å²) >= 11 is 2.71. The van der Waals surface area contributed by atoms with Crippen molar-refractivity contribution in [3.05, 3.63) is 79.9 Å². The average molecular weight is 533 g/mol. The van der Waals surface area contributed by atoms with Gasteiger partial charge in [-0.15, -0.1) is 11.3 Å². The average Bonchev–Trinajstić information content (AvgIpc) is 3.23. The second-order valence-corrected chi connectivity index (χ2v) is 11.4. The second-order valence-electron chi connectivity index (χ2n) is 9.40. The van der Waals surface area contributed by atoms with Crippen LogP contribution in [0.1, 0.15) is 34.1 Å². The van der Waals surface area contributed by atoms with Gasteiger partial charge in [-0.1, -0.05) is 41.6 Å². The zero-order chi connectivity index (χ0) is 26.3. The number of carbonyl (C=O) groups is 2. The van der Waals surface area contributed by atoms with Gasteiger partial charge in [0.15, 0.2) is 5.16 Å². The molecule has 0 atom stereocenters. The second kappa shape index (κ2) is 10.1. The highest BCUT2D eigenvalue weighted by molar-refractivity contribution is 7.99. The molecule has 2 aromatic carbocycles. The van der Waals surface area contributed by atoms with Crippen LogP contribution in [0, 0.1) is 20.8 Å². The lowest BCUT2D eigenvalue weighted by Crippen LogP contribution is -2.34. The van der Waals surface area contributed by atoms with Gasteiger partial charge in [-0.25, -0.2) is 4.98 Å². The Morgan fingerprint density at radius 2 is 1.81 bits per heavy atom. The predicted octanol–water partition coefficient (Wildman–Crippen LogP) is 5.01. The van der Waals surface area contributed by atoms with Gasteiger partial charge in [0.2, 0.25) is 11.8 Å². The molecule has 0 saturated heterocycles. The van der Waals surface area contributed by atoms with E-state index in [-0.39, 0.29) is 23.1 Å². The van der Waals surface area contributed by atoms with Gasteiger partial charge < -0.3 is 10.2 Å². The largest absolute Gasteiger partial charge is 0.337 e. The Balaban J connectivity index is 1.53. The number of thioether (sulfide) groups is 1. The van der Waals surface area contributed by atoms with Crippen LogP contribution in [0.2, 0.25) is 0 Å². The zero-order valence-electron chi connectivity index (χ0n) is 21.3. The molecule has 0 aliphatic carbocycles. The number of hydrogen-bond acceptors (Lipinski definition) is 6. The number of fused-ring (bicyclic) bond motifs is 3. The first-order valence-corrected chi connectivity index (χ1v) is 13.9. The summed E-state index contributed by atoms with van der Waals surface area (Å²) in [5, 5.41) is 4.08. The molecule has 0 bridgehead atoms. The van der Waals surface area contributed by atoms with Crippen molar-refractivity contribution in [3.8, 4) is 5.69 Å². The molecule has 4 aromatic rings. The monoisotopic (exact) mass is 532 g/mol. The number of amides is 2. The highest BCUT2D eigenvalue weighted by Crippen LogP contribution is 2.34. The SMILES string of the molecule is CC(=O)N1CCc2c(sc3nc(SCC(=O)Nc4cc(C)ccc4C)n(-c4ccc(C)cc4)c(=O)c23)C1. The first kappa shape index (κ1) is 25.2. The topological polar surface area (TPSA) is 84.3 Å². The number of benzene rings is 2. The lowest BCUT2D eigenvalue weighted by molar-refractivity contribution is -0.129. The Labute approximate surface area is 223 Å². The van der Waals surface area contributed by atoms with E-state index in [0.29, 0.717) is 40.6 Å². The maximum Gasteiger partial charge on any atom is 0.267 e. The Bertz CT molecular complexity index is 1590. The maximum atomic E-state index is 13.9. The van der Waals surface area contributed by atoms with Crippen LogP contribution in [0.5, 0.6) is 0 Å². The highest BCUT2D eigenvalue weighted by Gasteiger charge is 2.26. The van der Waals surface area contributed by atoms with Crippen molar-refractivity contribution in [1.82, 2.24) is 14.5 Å². The molecule has 0 saturated carbocycles. The molecule has 5 rings (SSSR count). The number of rotatable bonds is 5. The Kier molecular flexibility index (Phi) is 6.92. The Hall–Kier alpha value is -3.43. The normalized spacial score (nSPS) is 13.0. The first-order chi connectivity index (χ1) is 17.7. The third-order valence-electron chi connectivity index (χ3n) is 6.58. The molecule has 9 heteroatoms. The molecule has 2 amide bonds. The number of nitrogens with zero attached hydrogens (tertiary/aromatic N) is 3. The lowest BCUT2D eigenvalue weighted by Gasteiger charge is -2.25. The summed E-state index contributed by atoms with van der Waals surface area (Å²) in [4.78, 5) is 47.1. The number of aromatic nitrogens is 2. The van der Waals surface area contributed by atoms with E-state index < -0.39 is 0 Å². The van der Waals surface area contributed by atoms with Gasteiger partial charge in [0.05, 0.1) is 23.4 Å². The van der Waals surface area contributed by atoms with Crippen LogP contribution >= 0.6 is 23.1 Å². The van der Waals surface area contributed by atoms with Crippen molar-refractivity contribution in [2.45, 2.75) is 45.8 Å². The van der Waals surface area contributed by atoms with Crippen molar-refractivity contribution in [2.75, 3.05) is 17.6 Å². The van der Waals surface area contributed by atoms with E-state index in [1.807, 2.05) is 63.2 Å². The van der Waals surface area contributed by atoms with E-state index in [1.54, 1.807) is 16.4 Å². The van der Waals surface area contributed by atoms with E-state index in [1.165, 1.54) is 23.1 Å².